The number of carbonyl (C=O) groups is 1. The third kappa shape index (κ3) is 2.53. The van der Waals surface area contributed by atoms with E-state index in [1.165, 1.54) is 49.0 Å². The molecule has 1 aliphatic carbocycles. The Morgan fingerprint density at radius 3 is 2.67 bits per heavy atom. The van der Waals surface area contributed by atoms with Gasteiger partial charge >= 0.3 is 0 Å². The third-order valence-electron chi connectivity index (χ3n) is 5.52. The number of nitrogens with one attached hydrogen (secondary N) is 1. The van der Waals surface area contributed by atoms with E-state index >= 15 is 0 Å². The maximum atomic E-state index is 12.8. The molecule has 3 heterocycles. The molecule has 4 rings (SSSR count). The Morgan fingerprint density at radius 1 is 1.24 bits per heavy atom. The molecule has 3 aliphatic rings. The highest BCUT2D eigenvalue weighted by Gasteiger charge is 2.36. The first-order valence-electron chi connectivity index (χ1n) is 8.35. The number of carbonyl (C=O) groups excluding carboxylic acids is 1. The van der Waals surface area contributed by atoms with Crippen LogP contribution in [0.5, 0.6) is 0 Å². The van der Waals surface area contributed by atoms with Crippen LogP contribution in [0.25, 0.3) is 0 Å². The second kappa shape index (κ2) is 5.40. The number of thiophene rings is 1. The number of nitrogens with zero attached hydrogens (tertiary/aromatic N) is 1. The highest BCUT2D eigenvalue weighted by atomic mass is 32.1. The van der Waals surface area contributed by atoms with Gasteiger partial charge in [-0.05, 0) is 63.0 Å². The number of hydrogen-bond acceptors (Lipinski definition) is 3. The molecule has 0 saturated carbocycles. The van der Waals surface area contributed by atoms with Gasteiger partial charge in [0.2, 0.25) is 0 Å². The molecule has 2 bridgehead atoms. The molecule has 1 aromatic rings. The third-order valence-corrected chi connectivity index (χ3v) is 6.75. The van der Waals surface area contributed by atoms with Gasteiger partial charge in [-0.3, -0.25) is 4.79 Å². The zero-order valence-electron chi connectivity index (χ0n) is 12.7. The maximum absolute atomic E-state index is 12.8. The molecule has 1 N–H and O–H groups in total. The lowest BCUT2D eigenvalue weighted by Gasteiger charge is -2.35. The number of piperidine rings is 1. The second-order valence-corrected chi connectivity index (χ2v) is 8.08. The van der Waals surface area contributed by atoms with E-state index in [-0.39, 0.29) is 5.91 Å². The molecule has 2 aliphatic heterocycles. The molecule has 114 valence electrons. The van der Waals surface area contributed by atoms with E-state index in [1.54, 1.807) is 11.3 Å². The fraction of sp³-hybridized carbons (Fsp3) is 0.706. The topological polar surface area (TPSA) is 32.3 Å². The van der Waals surface area contributed by atoms with E-state index in [1.807, 2.05) is 11.9 Å². The van der Waals surface area contributed by atoms with Crippen molar-refractivity contribution >= 4 is 17.2 Å². The van der Waals surface area contributed by atoms with Crippen LogP contribution in [-0.4, -0.2) is 36.0 Å². The minimum Gasteiger partial charge on any atom is -0.338 e. The highest BCUT2D eigenvalue weighted by molar-refractivity contribution is 7.14. The Kier molecular flexibility index (Phi) is 3.54. The van der Waals surface area contributed by atoms with Gasteiger partial charge in [-0.15, -0.1) is 11.3 Å². The monoisotopic (exact) mass is 304 g/mol. The Labute approximate surface area is 130 Å². The van der Waals surface area contributed by atoms with Crippen LogP contribution in [0.1, 0.15) is 58.6 Å². The summed E-state index contributed by atoms with van der Waals surface area (Å²) in [5, 5.41) is 3.66. The molecule has 0 radical (unpaired) electrons. The zero-order valence-corrected chi connectivity index (χ0v) is 13.5. The van der Waals surface area contributed by atoms with Crippen LogP contribution in [0.3, 0.4) is 0 Å². The number of aryl methyl sites for hydroxylation is 2. The van der Waals surface area contributed by atoms with Gasteiger partial charge < -0.3 is 10.2 Å². The summed E-state index contributed by atoms with van der Waals surface area (Å²) in [6, 6.07) is 3.88. The standard InChI is InChI=1S/C17H24N2OS/c1-19(14-9-12-6-7-13(10-14)18-12)17(20)16-8-11-4-2-3-5-15(11)21-16/h8,12-14,18H,2-7,9-10H2,1H3. The van der Waals surface area contributed by atoms with E-state index in [4.69, 9.17) is 0 Å². The predicted octanol–water partition coefficient (Wildman–Crippen LogP) is 2.98. The molecule has 2 fully saturated rings. The average Bonchev–Trinajstić information content (AvgIpc) is 3.08. The lowest BCUT2D eigenvalue weighted by molar-refractivity contribution is 0.0686. The Balaban J connectivity index is 1.50. The summed E-state index contributed by atoms with van der Waals surface area (Å²) in [5.74, 6) is 0.251. The van der Waals surface area contributed by atoms with Gasteiger partial charge in [-0.2, -0.15) is 0 Å². The fourth-order valence-corrected chi connectivity index (χ4v) is 5.52. The van der Waals surface area contributed by atoms with Crippen molar-refractivity contribution < 1.29 is 4.79 Å². The van der Waals surface area contributed by atoms with Crippen LogP contribution < -0.4 is 5.32 Å². The highest BCUT2D eigenvalue weighted by Crippen LogP contribution is 2.33. The quantitative estimate of drug-likeness (QED) is 0.911. The summed E-state index contributed by atoms with van der Waals surface area (Å²) in [5.41, 5.74) is 1.44. The summed E-state index contributed by atoms with van der Waals surface area (Å²) in [6.07, 6.45) is 9.75. The van der Waals surface area contributed by atoms with Crippen LogP contribution in [0, 0.1) is 0 Å². The van der Waals surface area contributed by atoms with E-state index in [9.17, 15) is 4.79 Å². The molecule has 0 spiro atoms. The predicted molar refractivity (Wildman–Crippen MR) is 86.0 cm³/mol. The van der Waals surface area contributed by atoms with Crippen molar-refractivity contribution in [1.82, 2.24) is 10.2 Å². The van der Waals surface area contributed by atoms with E-state index < -0.39 is 0 Å². The Hall–Kier alpha value is -0.870. The largest absolute Gasteiger partial charge is 0.338 e. The minimum absolute atomic E-state index is 0.251. The lowest BCUT2D eigenvalue weighted by Crippen LogP contribution is -2.48. The first-order chi connectivity index (χ1) is 10.2. The Bertz CT molecular complexity index is 517. The zero-order chi connectivity index (χ0) is 14.4. The first kappa shape index (κ1) is 13.8. The van der Waals surface area contributed by atoms with Crippen molar-refractivity contribution in [2.45, 2.75) is 69.5 Å². The molecular formula is C17H24N2OS. The molecular weight excluding hydrogens is 280 g/mol. The van der Waals surface area contributed by atoms with Crippen molar-refractivity contribution in [2.24, 2.45) is 0 Å². The van der Waals surface area contributed by atoms with Gasteiger partial charge in [-0.1, -0.05) is 0 Å². The van der Waals surface area contributed by atoms with Crippen LogP contribution >= 0.6 is 11.3 Å². The number of hydrogen-bond donors (Lipinski definition) is 1. The number of fused-ring (bicyclic) bond motifs is 3. The summed E-state index contributed by atoms with van der Waals surface area (Å²) in [6.45, 7) is 0. The van der Waals surface area contributed by atoms with Gasteiger partial charge in [0, 0.05) is 30.1 Å². The first-order valence-corrected chi connectivity index (χ1v) is 9.17. The van der Waals surface area contributed by atoms with E-state index in [0.29, 0.717) is 18.1 Å². The number of rotatable bonds is 2. The van der Waals surface area contributed by atoms with Crippen LogP contribution in [0.2, 0.25) is 0 Å². The van der Waals surface area contributed by atoms with Crippen LogP contribution in [-0.2, 0) is 12.8 Å². The van der Waals surface area contributed by atoms with Gasteiger partial charge in [0.1, 0.15) is 0 Å². The van der Waals surface area contributed by atoms with Crippen LogP contribution in [0.4, 0.5) is 0 Å². The average molecular weight is 304 g/mol. The second-order valence-electron chi connectivity index (χ2n) is 6.95. The summed E-state index contributed by atoms with van der Waals surface area (Å²) in [7, 11) is 2.01. The minimum atomic E-state index is 0.251. The van der Waals surface area contributed by atoms with E-state index in [2.05, 4.69) is 11.4 Å². The molecule has 1 amide bonds. The fourth-order valence-electron chi connectivity index (χ4n) is 4.28. The molecule has 4 heteroatoms. The lowest BCUT2D eigenvalue weighted by atomic mass is 9.98. The summed E-state index contributed by atoms with van der Waals surface area (Å²) in [4.78, 5) is 17.3. The molecule has 2 unspecified atom stereocenters. The molecule has 2 saturated heterocycles. The number of amides is 1. The summed E-state index contributed by atoms with van der Waals surface area (Å²) >= 11 is 1.75. The van der Waals surface area contributed by atoms with Gasteiger partial charge in [0.25, 0.3) is 5.91 Å². The van der Waals surface area contributed by atoms with Gasteiger partial charge in [-0.25, -0.2) is 0 Å². The van der Waals surface area contributed by atoms with Gasteiger partial charge in [0.15, 0.2) is 0 Å². The van der Waals surface area contributed by atoms with Gasteiger partial charge in [0.05, 0.1) is 4.88 Å². The van der Waals surface area contributed by atoms with Crippen molar-refractivity contribution in [3.05, 3.63) is 21.4 Å². The molecule has 21 heavy (non-hydrogen) atoms. The molecule has 2 atom stereocenters. The molecule has 1 aromatic heterocycles. The molecule has 3 nitrogen and oxygen atoms in total. The van der Waals surface area contributed by atoms with Crippen molar-refractivity contribution in [3.8, 4) is 0 Å². The van der Waals surface area contributed by atoms with Crippen molar-refractivity contribution in [1.29, 1.82) is 0 Å². The maximum Gasteiger partial charge on any atom is 0.263 e. The normalized spacial score (nSPS) is 31.0. The molecule has 0 aromatic carbocycles. The van der Waals surface area contributed by atoms with E-state index in [0.717, 1.165) is 17.7 Å². The smallest absolute Gasteiger partial charge is 0.263 e. The SMILES string of the molecule is CN(C(=O)c1cc2c(s1)CCCC2)C1CC2CCC(C1)N2. The van der Waals surface area contributed by atoms with Crippen molar-refractivity contribution in [2.75, 3.05) is 7.05 Å². The van der Waals surface area contributed by atoms with Crippen molar-refractivity contribution in [3.63, 3.8) is 0 Å². The van der Waals surface area contributed by atoms with Crippen LogP contribution in [0.15, 0.2) is 6.07 Å². The summed E-state index contributed by atoms with van der Waals surface area (Å²) < 4.78 is 0. The Morgan fingerprint density at radius 2 is 1.95 bits per heavy atom.